The summed E-state index contributed by atoms with van der Waals surface area (Å²) in [7, 11) is 1.60. The summed E-state index contributed by atoms with van der Waals surface area (Å²) >= 11 is 0. The van der Waals surface area contributed by atoms with E-state index < -0.39 is 35.5 Å². The number of carbonyl (C=O) groups excluding carboxylic acids is 5. The first-order valence-corrected chi connectivity index (χ1v) is 14.0. The highest BCUT2D eigenvalue weighted by Crippen LogP contribution is 2.33. The van der Waals surface area contributed by atoms with Crippen LogP contribution in [-0.4, -0.2) is 72.9 Å². The Bertz CT molecular complexity index is 1310. The van der Waals surface area contributed by atoms with Crippen molar-refractivity contribution in [3.63, 3.8) is 0 Å². The molecule has 1 heterocycles. The van der Waals surface area contributed by atoms with Gasteiger partial charge in [0, 0.05) is 20.0 Å². The van der Waals surface area contributed by atoms with Crippen LogP contribution in [0.25, 0.3) is 0 Å². The zero-order valence-corrected chi connectivity index (χ0v) is 24.8. The summed E-state index contributed by atoms with van der Waals surface area (Å²) in [5, 5.41) is 2.65. The molecule has 0 spiro atoms. The van der Waals surface area contributed by atoms with Crippen molar-refractivity contribution in [1.82, 2.24) is 10.2 Å². The number of anilines is 1. The molecule has 2 aromatic rings. The monoisotopic (exact) mass is 580 g/mol. The van der Waals surface area contributed by atoms with Crippen LogP contribution in [0.2, 0.25) is 0 Å². The lowest BCUT2D eigenvalue weighted by Crippen LogP contribution is -2.45. The predicted molar refractivity (Wildman–Crippen MR) is 156 cm³/mol. The summed E-state index contributed by atoms with van der Waals surface area (Å²) in [6, 6.07) is 12.5. The van der Waals surface area contributed by atoms with Gasteiger partial charge in [-0.3, -0.25) is 24.0 Å². The second kappa shape index (κ2) is 14.1. The summed E-state index contributed by atoms with van der Waals surface area (Å²) in [6.07, 6.45) is 0.278. The zero-order valence-electron chi connectivity index (χ0n) is 24.8. The maximum atomic E-state index is 14.0. The summed E-state index contributed by atoms with van der Waals surface area (Å²) in [5.41, 5.74) is 7.30. The lowest BCUT2D eigenvalue weighted by Gasteiger charge is -2.30. The zero-order chi connectivity index (χ0) is 31.0. The number of hydrogen-bond acceptors (Lipinski definition) is 8. The molecule has 0 aromatic heterocycles. The van der Waals surface area contributed by atoms with Crippen LogP contribution in [-0.2, 0) is 35.1 Å². The van der Waals surface area contributed by atoms with E-state index in [2.05, 4.69) is 5.32 Å². The van der Waals surface area contributed by atoms with E-state index in [1.165, 1.54) is 9.80 Å². The Balaban J connectivity index is 1.78. The number of esters is 2. The highest BCUT2D eigenvalue weighted by Gasteiger charge is 2.36. The van der Waals surface area contributed by atoms with Crippen molar-refractivity contribution < 1.29 is 33.4 Å². The number of aryl methyl sites for hydroxylation is 1. The number of benzene rings is 2. The van der Waals surface area contributed by atoms with Gasteiger partial charge in [-0.1, -0.05) is 36.4 Å². The van der Waals surface area contributed by atoms with Crippen molar-refractivity contribution in [2.24, 2.45) is 5.73 Å². The molecular weight excluding hydrogens is 540 g/mol. The van der Waals surface area contributed by atoms with E-state index in [-0.39, 0.29) is 49.9 Å². The largest absolute Gasteiger partial charge is 0.466 e. The van der Waals surface area contributed by atoms with Gasteiger partial charge in [0.2, 0.25) is 11.8 Å². The molecule has 3 amide bonds. The molecule has 0 aliphatic carbocycles. The van der Waals surface area contributed by atoms with Crippen LogP contribution in [0.4, 0.5) is 5.69 Å². The van der Waals surface area contributed by atoms with Crippen molar-refractivity contribution in [3.05, 3.63) is 65.2 Å². The molecule has 11 nitrogen and oxygen atoms in total. The molecular formula is C31H40N4O7. The van der Waals surface area contributed by atoms with Gasteiger partial charge in [-0.15, -0.1) is 0 Å². The molecule has 3 N–H and O–H groups in total. The lowest BCUT2D eigenvalue weighted by atomic mass is 9.99. The topological polar surface area (TPSA) is 148 Å². The van der Waals surface area contributed by atoms with Crippen LogP contribution in [0.15, 0.2) is 48.5 Å². The van der Waals surface area contributed by atoms with E-state index in [1.807, 2.05) is 6.07 Å². The molecule has 2 unspecified atom stereocenters. The molecule has 0 radical (unpaired) electrons. The molecule has 0 saturated carbocycles. The van der Waals surface area contributed by atoms with Gasteiger partial charge >= 0.3 is 11.9 Å². The van der Waals surface area contributed by atoms with Gasteiger partial charge in [0.1, 0.15) is 18.2 Å². The first-order valence-electron chi connectivity index (χ1n) is 14.0. The fourth-order valence-electron chi connectivity index (χ4n) is 4.56. The second-order valence-electron chi connectivity index (χ2n) is 11.1. The van der Waals surface area contributed by atoms with Crippen LogP contribution in [0.3, 0.4) is 0 Å². The van der Waals surface area contributed by atoms with Crippen LogP contribution < -0.4 is 16.0 Å². The van der Waals surface area contributed by atoms with Crippen LogP contribution in [0.1, 0.15) is 68.1 Å². The molecule has 11 heteroatoms. The highest BCUT2D eigenvalue weighted by atomic mass is 16.6. The van der Waals surface area contributed by atoms with E-state index >= 15 is 0 Å². The Hall–Kier alpha value is -4.25. The number of likely N-dealkylation sites (N-methyl/N-ethyl adjacent to an activating group) is 1. The number of carbonyl (C=O) groups is 5. The van der Waals surface area contributed by atoms with Crippen molar-refractivity contribution in [2.75, 3.05) is 31.6 Å². The minimum Gasteiger partial charge on any atom is -0.466 e. The molecule has 0 bridgehead atoms. The number of nitrogens with zero attached hydrogens (tertiary/aromatic N) is 2. The van der Waals surface area contributed by atoms with Crippen LogP contribution in [0.5, 0.6) is 0 Å². The average Bonchev–Trinajstić information content (AvgIpc) is 3.03. The maximum absolute atomic E-state index is 14.0. The van der Waals surface area contributed by atoms with E-state index in [1.54, 1.807) is 77.2 Å². The standard InChI is InChI=1S/C31H40N4O7/c1-6-41-28(38)17-25(21-10-8-7-9-11-21)35-19-27(37)34(5)24-14-12-20(16-22(24)29(35)39)13-15-26(36)33-18-23(32)30(40)42-31(2,3)4/h7-12,14,16,23,25H,6,13,15,17-19,32H2,1-5H3,(H,33,36). The molecule has 2 aromatic carbocycles. The predicted octanol–water partition coefficient (Wildman–Crippen LogP) is 2.52. The Morgan fingerprint density at radius 1 is 1.07 bits per heavy atom. The minimum absolute atomic E-state index is 0.0698. The van der Waals surface area contributed by atoms with Crippen molar-refractivity contribution in [2.45, 2.75) is 64.6 Å². The van der Waals surface area contributed by atoms with Crippen LogP contribution in [0, 0.1) is 0 Å². The van der Waals surface area contributed by atoms with Gasteiger partial charge in [-0.05, 0) is 57.4 Å². The molecule has 0 saturated heterocycles. The van der Waals surface area contributed by atoms with Crippen molar-refractivity contribution in [3.8, 4) is 0 Å². The number of amides is 3. The number of rotatable bonds is 11. The van der Waals surface area contributed by atoms with Gasteiger partial charge in [0.15, 0.2) is 0 Å². The third-order valence-electron chi connectivity index (χ3n) is 6.69. The number of fused-ring (bicyclic) bond motifs is 1. The third kappa shape index (κ3) is 8.62. The van der Waals surface area contributed by atoms with Gasteiger partial charge in [-0.2, -0.15) is 0 Å². The van der Waals surface area contributed by atoms with Gasteiger partial charge < -0.3 is 30.3 Å². The Labute approximate surface area is 246 Å². The number of hydrogen-bond donors (Lipinski definition) is 2. The second-order valence-corrected chi connectivity index (χ2v) is 11.1. The number of nitrogens with two attached hydrogens (primary N) is 1. The molecule has 1 aliphatic rings. The first-order chi connectivity index (χ1) is 19.8. The van der Waals surface area contributed by atoms with Gasteiger partial charge in [0.05, 0.1) is 30.3 Å². The number of nitrogens with one attached hydrogen (secondary N) is 1. The van der Waals surface area contributed by atoms with E-state index in [4.69, 9.17) is 15.2 Å². The number of ether oxygens (including phenoxy) is 2. The molecule has 1 aliphatic heterocycles. The Morgan fingerprint density at radius 3 is 2.40 bits per heavy atom. The lowest BCUT2D eigenvalue weighted by molar-refractivity contribution is -0.156. The first kappa shape index (κ1) is 32.3. The molecule has 226 valence electrons. The Kier molecular flexibility index (Phi) is 10.8. The van der Waals surface area contributed by atoms with Crippen LogP contribution >= 0.6 is 0 Å². The SMILES string of the molecule is CCOC(=O)CC(c1ccccc1)N1CC(=O)N(C)c2ccc(CCC(=O)NCC(N)C(=O)OC(C)(C)C)cc2C1=O. The normalized spacial score (nSPS) is 14.9. The smallest absolute Gasteiger partial charge is 0.325 e. The summed E-state index contributed by atoms with van der Waals surface area (Å²) in [5.74, 6) is -2.11. The molecule has 42 heavy (non-hydrogen) atoms. The molecule has 3 rings (SSSR count). The van der Waals surface area contributed by atoms with E-state index in [9.17, 15) is 24.0 Å². The molecule has 2 atom stereocenters. The van der Waals surface area contributed by atoms with Crippen molar-refractivity contribution >= 4 is 35.3 Å². The Morgan fingerprint density at radius 2 is 1.76 bits per heavy atom. The molecule has 0 fully saturated rings. The van der Waals surface area contributed by atoms with Gasteiger partial charge in [0.25, 0.3) is 5.91 Å². The fourth-order valence-corrected chi connectivity index (χ4v) is 4.56. The van der Waals surface area contributed by atoms with E-state index in [0.29, 0.717) is 23.2 Å². The maximum Gasteiger partial charge on any atom is 0.325 e. The minimum atomic E-state index is -0.996. The van der Waals surface area contributed by atoms with Crippen molar-refractivity contribution in [1.29, 1.82) is 0 Å². The third-order valence-corrected chi connectivity index (χ3v) is 6.69. The quantitative estimate of drug-likeness (QED) is 0.385. The highest BCUT2D eigenvalue weighted by molar-refractivity contribution is 6.09. The fraction of sp³-hybridized carbons (Fsp3) is 0.452. The van der Waals surface area contributed by atoms with Gasteiger partial charge in [-0.25, -0.2) is 0 Å². The average molecular weight is 581 g/mol. The summed E-state index contributed by atoms with van der Waals surface area (Å²) in [4.78, 5) is 67.0. The summed E-state index contributed by atoms with van der Waals surface area (Å²) < 4.78 is 10.4. The summed E-state index contributed by atoms with van der Waals surface area (Å²) in [6.45, 7) is 6.81. The van der Waals surface area contributed by atoms with E-state index in [0.717, 1.165) is 0 Å².